The van der Waals surface area contributed by atoms with Gasteiger partial charge in [0.1, 0.15) is 11.3 Å². The van der Waals surface area contributed by atoms with Gasteiger partial charge in [-0.2, -0.15) is 0 Å². The highest BCUT2D eigenvalue weighted by Crippen LogP contribution is 2.26. The normalized spacial score (nSPS) is 14.2. The fraction of sp³-hybridized carbons (Fsp3) is 0.500. The molecular weight excluding hydrogens is 244 g/mol. The Hall–Kier alpha value is -1.91. The lowest BCUT2D eigenvalue weighted by molar-refractivity contribution is 0.0240. The van der Waals surface area contributed by atoms with Gasteiger partial charge in [0.25, 0.3) is 0 Å². The van der Waals surface area contributed by atoms with Gasteiger partial charge in [0.2, 0.25) is 0 Å². The molecule has 5 nitrogen and oxygen atoms in total. The van der Waals surface area contributed by atoms with E-state index in [2.05, 4.69) is 4.98 Å². The zero-order valence-corrected chi connectivity index (χ0v) is 11.7. The van der Waals surface area contributed by atoms with Gasteiger partial charge in [-0.3, -0.25) is 9.69 Å². The van der Waals surface area contributed by atoms with Crippen LogP contribution in [0, 0.1) is 6.92 Å². The molecule has 1 aliphatic heterocycles. The van der Waals surface area contributed by atoms with Crippen molar-refractivity contribution >= 4 is 12.4 Å². The number of aldehydes is 1. The zero-order chi connectivity index (χ0) is 14.2. The summed E-state index contributed by atoms with van der Waals surface area (Å²) in [5, 5.41) is 0. The maximum Gasteiger partial charge on any atom is 0.410 e. The molecule has 0 saturated heterocycles. The Morgan fingerprint density at radius 2 is 2.11 bits per heavy atom. The molecule has 19 heavy (non-hydrogen) atoms. The highest BCUT2D eigenvalue weighted by Gasteiger charge is 2.29. The van der Waals surface area contributed by atoms with Gasteiger partial charge in [-0.15, -0.1) is 0 Å². The third-order valence-corrected chi connectivity index (χ3v) is 2.91. The van der Waals surface area contributed by atoms with Crippen molar-refractivity contribution in [3.63, 3.8) is 0 Å². The number of nitrogens with zero attached hydrogens (tertiary/aromatic N) is 2. The molecule has 1 aliphatic rings. The van der Waals surface area contributed by atoms with E-state index in [1.165, 1.54) is 0 Å². The number of fused-ring (bicyclic) bond motifs is 1. The molecule has 1 aromatic heterocycles. The van der Waals surface area contributed by atoms with Crippen LogP contribution in [0.3, 0.4) is 0 Å². The average molecular weight is 262 g/mol. The van der Waals surface area contributed by atoms with Crippen LogP contribution in [-0.4, -0.2) is 27.9 Å². The SMILES string of the molecule is Cc1cc(C=O)nc2c1CN(C(=O)OC(C)(C)C)C2. The van der Waals surface area contributed by atoms with Crippen molar-refractivity contribution in [2.45, 2.75) is 46.4 Å². The molecular formula is C14H18N2O3. The van der Waals surface area contributed by atoms with Crippen LogP contribution in [0.15, 0.2) is 6.07 Å². The number of aryl methyl sites for hydroxylation is 1. The van der Waals surface area contributed by atoms with Gasteiger partial charge in [0, 0.05) is 0 Å². The summed E-state index contributed by atoms with van der Waals surface area (Å²) in [5.74, 6) is 0. The number of pyridine rings is 1. The Labute approximate surface area is 112 Å². The molecule has 0 saturated carbocycles. The zero-order valence-electron chi connectivity index (χ0n) is 11.7. The van der Waals surface area contributed by atoms with Crippen molar-refractivity contribution in [3.8, 4) is 0 Å². The van der Waals surface area contributed by atoms with Crippen LogP contribution in [0.5, 0.6) is 0 Å². The van der Waals surface area contributed by atoms with Gasteiger partial charge in [0.05, 0.1) is 18.8 Å². The molecule has 5 heteroatoms. The van der Waals surface area contributed by atoms with Crippen LogP contribution in [0.2, 0.25) is 0 Å². The first-order chi connectivity index (χ1) is 8.80. The standard InChI is InChI=1S/C14H18N2O3/c1-9-5-10(8-17)15-12-7-16(6-11(9)12)13(18)19-14(2,3)4/h5,8H,6-7H2,1-4H3. The number of carbonyl (C=O) groups is 2. The molecule has 2 rings (SSSR count). The number of aromatic nitrogens is 1. The van der Waals surface area contributed by atoms with Gasteiger partial charge in [0.15, 0.2) is 6.29 Å². The minimum absolute atomic E-state index is 0.349. The van der Waals surface area contributed by atoms with Crippen molar-refractivity contribution in [3.05, 3.63) is 28.6 Å². The van der Waals surface area contributed by atoms with Crippen molar-refractivity contribution in [2.75, 3.05) is 0 Å². The first-order valence-electron chi connectivity index (χ1n) is 6.22. The van der Waals surface area contributed by atoms with E-state index < -0.39 is 5.60 Å². The van der Waals surface area contributed by atoms with Crippen molar-refractivity contribution in [1.29, 1.82) is 0 Å². The molecule has 0 fully saturated rings. The Morgan fingerprint density at radius 1 is 1.42 bits per heavy atom. The second kappa shape index (κ2) is 4.64. The molecule has 0 aliphatic carbocycles. The maximum absolute atomic E-state index is 12.0. The van der Waals surface area contributed by atoms with E-state index in [9.17, 15) is 9.59 Å². The second-order valence-corrected chi connectivity index (χ2v) is 5.74. The molecule has 0 spiro atoms. The quantitative estimate of drug-likeness (QED) is 0.729. The van der Waals surface area contributed by atoms with E-state index in [4.69, 9.17) is 4.74 Å². The first-order valence-corrected chi connectivity index (χ1v) is 6.22. The molecule has 0 unspecified atom stereocenters. The molecule has 2 heterocycles. The molecule has 0 N–H and O–H groups in total. The lowest BCUT2D eigenvalue weighted by Crippen LogP contribution is -2.33. The monoisotopic (exact) mass is 262 g/mol. The van der Waals surface area contributed by atoms with E-state index in [0.717, 1.165) is 23.1 Å². The molecule has 1 amide bonds. The molecule has 1 aromatic rings. The number of amides is 1. The maximum atomic E-state index is 12.0. The van der Waals surface area contributed by atoms with Crippen LogP contribution in [0.25, 0.3) is 0 Å². The topological polar surface area (TPSA) is 59.5 Å². The van der Waals surface area contributed by atoms with Crippen molar-refractivity contribution in [2.24, 2.45) is 0 Å². The van der Waals surface area contributed by atoms with Crippen LogP contribution < -0.4 is 0 Å². The Kier molecular flexibility index (Phi) is 3.30. The largest absolute Gasteiger partial charge is 0.444 e. The fourth-order valence-corrected chi connectivity index (χ4v) is 2.08. The summed E-state index contributed by atoms with van der Waals surface area (Å²) >= 11 is 0. The Balaban J connectivity index is 2.18. The summed E-state index contributed by atoms with van der Waals surface area (Å²) in [6, 6.07) is 1.74. The van der Waals surface area contributed by atoms with Crippen molar-refractivity contribution in [1.82, 2.24) is 9.88 Å². The third-order valence-electron chi connectivity index (χ3n) is 2.91. The smallest absolute Gasteiger partial charge is 0.410 e. The van der Waals surface area contributed by atoms with Gasteiger partial charge >= 0.3 is 6.09 Å². The lowest BCUT2D eigenvalue weighted by Gasteiger charge is -2.24. The van der Waals surface area contributed by atoms with Crippen LogP contribution in [-0.2, 0) is 17.8 Å². The van der Waals surface area contributed by atoms with Gasteiger partial charge in [-0.05, 0) is 44.9 Å². The minimum atomic E-state index is -0.512. The van der Waals surface area contributed by atoms with Gasteiger partial charge in [-0.25, -0.2) is 9.78 Å². The van der Waals surface area contributed by atoms with Crippen molar-refractivity contribution < 1.29 is 14.3 Å². The van der Waals surface area contributed by atoms with E-state index in [1.807, 2.05) is 27.7 Å². The predicted molar refractivity (Wildman–Crippen MR) is 69.8 cm³/mol. The number of carbonyl (C=O) groups excluding carboxylic acids is 2. The summed E-state index contributed by atoms with van der Waals surface area (Å²) in [6.07, 6.45) is 0.376. The number of hydrogen-bond donors (Lipinski definition) is 0. The summed E-state index contributed by atoms with van der Waals surface area (Å²) < 4.78 is 5.34. The minimum Gasteiger partial charge on any atom is -0.444 e. The highest BCUT2D eigenvalue weighted by atomic mass is 16.6. The van der Waals surface area contributed by atoms with E-state index in [-0.39, 0.29) is 6.09 Å². The summed E-state index contributed by atoms with van der Waals surface area (Å²) in [4.78, 5) is 28.6. The van der Waals surface area contributed by atoms with Gasteiger partial charge in [-0.1, -0.05) is 0 Å². The number of ether oxygens (including phenoxy) is 1. The molecule has 0 atom stereocenters. The van der Waals surface area contributed by atoms with Crippen LogP contribution in [0.4, 0.5) is 4.79 Å². The Morgan fingerprint density at radius 3 is 2.68 bits per heavy atom. The van der Waals surface area contributed by atoms with Crippen LogP contribution in [0.1, 0.15) is 48.1 Å². The summed E-state index contributed by atoms with van der Waals surface area (Å²) in [7, 11) is 0. The molecule has 0 aromatic carbocycles. The summed E-state index contributed by atoms with van der Waals surface area (Å²) in [5.41, 5.74) is 2.67. The first kappa shape index (κ1) is 13.5. The summed E-state index contributed by atoms with van der Waals surface area (Å²) in [6.45, 7) is 8.31. The number of hydrogen-bond acceptors (Lipinski definition) is 4. The fourth-order valence-electron chi connectivity index (χ4n) is 2.08. The number of rotatable bonds is 1. The van der Waals surface area contributed by atoms with E-state index in [1.54, 1.807) is 11.0 Å². The second-order valence-electron chi connectivity index (χ2n) is 5.74. The lowest BCUT2D eigenvalue weighted by atomic mass is 10.1. The third kappa shape index (κ3) is 2.92. The Bertz CT molecular complexity index is 532. The molecule has 0 radical (unpaired) electrons. The van der Waals surface area contributed by atoms with Crippen LogP contribution >= 0.6 is 0 Å². The van der Waals surface area contributed by atoms with Gasteiger partial charge < -0.3 is 4.74 Å². The predicted octanol–water partition coefficient (Wildman–Crippen LogP) is 2.45. The molecule has 0 bridgehead atoms. The highest BCUT2D eigenvalue weighted by molar-refractivity contribution is 5.73. The molecule has 102 valence electrons. The van der Waals surface area contributed by atoms with E-state index >= 15 is 0 Å². The van der Waals surface area contributed by atoms with E-state index in [0.29, 0.717) is 18.8 Å². The average Bonchev–Trinajstić information content (AvgIpc) is 2.71.